The van der Waals surface area contributed by atoms with Crippen molar-refractivity contribution in [3.63, 3.8) is 0 Å². The number of amides is 4. The first-order valence-electron chi connectivity index (χ1n) is 18.9. The molecule has 11 nitrogen and oxygen atoms in total. The number of nitrogens with one attached hydrogen (secondary N) is 3. The maximum Gasteiger partial charge on any atom is 0.242 e. The molecule has 0 aliphatic heterocycles. The summed E-state index contributed by atoms with van der Waals surface area (Å²) in [5.74, 6) is -1.04. The van der Waals surface area contributed by atoms with Gasteiger partial charge < -0.3 is 26.8 Å². The number of hydrazone groups is 1. The molecule has 6 atom stereocenters. The molecule has 0 radical (unpaired) electrons. The van der Waals surface area contributed by atoms with Gasteiger partial charge in [0.1, 0.15) is 12.1 Å². The van der Waals surface area contributed by atoms with Crippen LogP contribution in [0, 0.1) is 35.5 Å². The molecule has 0 saturated carbocycles. The normalized spacial score (nSPS) is 14.6. The molecular formula is C38H78N6O5S. The van der Waals surface area contributed by atoms with Gasteiger partial charge in [0.25, 0.3) is 0 Å². The molecule has 0 aromatic heterocycles. The molecule has 0 heterocycles. The third-order valence-corrected chi connectivity index (χ3v) is 8.79. The van der Waals surface area contributed by atoms with Crippen LogP contribution in [0.15, 0.2) is 5.10 Å². The van der Waals surface area contributed by atoms with E-state index in [1.165, 1.54) is 6.42 Å². The Bertz CT molecular complexity index is 971. The molecule has 0 saturated heterocycles. The Kier molecular flexibility index (Phi) is 30.4. The van der Waals surface area contributed by atoms with Crippen LogP contribution in [0.4, 0.5) is 0 Å². The van der Waals surface area contributed by atoms with Gasteiger partial charge in [0.2, 0.25) is 23.6 Å². The smallest absolute Gasteiger partial charge is 0.242 e. The summed E-state index contributed by atoms with van der Waals surface area (Å²) in [7, 11) is 0. The van der Waals surface area contributed by atoms with E-state index in [4.69, 9.17) is 5.73 Å². The summed E-state index contributed by atoms with van der Waals surface area (Å²) in [4.78, 5) is 51.7. The van der Waals surface area contributed by atoms with Gasteiger partial charge in [-0.3, -0.25) is 24.2 Å². The van der Waals surface area contributed by atoms with Gasteiger partial charge >= 0.3 is 0 Å². The summed E-state index contributed by atoms with van der Waals surface area (Å²) in [6, 6.07) is -2.22. The molecule has 0 bridgehead atoms. The van der Waals surface area contributed by atoms with Crippen LogP contribution in [-0.4, -0.2) is 88.8 Å². The number of hydrogen-bond donors (Lipinski definition) is 5. The van der Waals surface area contributed by atoms with Gasteiger partial charge in [-0.05, 0) is 75.7 Å². The minimum Gasteiger partial charge on any atom is -0.391 e. The van der Waals surface area contributed by atoms with Gasteiger partial charge in [-0.25, -0.2) is 0 Å². The van der Waals surface area contributed by atoms with Gasteiger partial charge in [0.05, 0.1) is 18.1 Å². The number of carbonyl (C=O) groups is 4. The van der Waals surface area contributed by atoms with Gasteiger partial charge in [-0.15, -0.1) is 0 Å². The first-order chi connectivity index (χ1) is 23.2. The molecule has 12 heteroatoms. The first-order valence-corrected chi connectivity index (χ1v) is 20.2. The lowest BCUT2D eigenvalue weighted by Crippen LogP contribution is -2.55. The Balaban J connectivity index is -0.00000287. The Morgan fingerprint density at radius 2 is 1.34 bits per heavy atom. The second-order valence-corrected chi connectivity index (χ2v) is 15.6. The third kappa shape index (κ3) is 24.0. The van der Waals surface area contributed by atoms with Gasteiger partial charge in [-0.1, -0.05) is 89.5 Å². The molecule has 0 aromatic rings. The molecule has 0 spiro atoms. The molecule has 0 rings (SSSR count). The van der Waals surface area contributed by atoms with E-state index in [0.717, 1.165) is 11.6 Å². The largest absolute Gasteiger partial charge is 0.391 e. The predicted octanol–water partition coefficient (Wildman–Crippen LogP) is 5.84. The third-order valence-electron chi connectivity index (χ3n) is 8.15. The Labute approximate surface area is 310 Å². The monoisotopic (exact) mass is 731 g/mol. The van der Waals surface area contributed by atoms with Gasteiger partial charge in [-0.2, -0.15) is 16.9 Å². The molecule has 0 fully saturated rings. The van der Waals surface area contributed by atoms with E-state index in [0.29, 0.717) is 31.7 Å². The molecule has 0 aromatic carbocycles. The number of hydrogen-bond acceptors (Lipinski definition) is 8. The van der Waals surface area contributed by atoms with E-state index in [-0.39, 0.29) is 47.8 Å². The van der Waals surface area contributed by atoms with Crippen LogP contribution >= 0.6 is 11.8 Å². The van der Waals surface area contributed by atoms with Crippen molar-refractivity contribution in [1.29, 1.82) is 0 Å². The quantitative estimate of drug-likeness (QED) is 0.0690. The fourth-order valence-electron chi connectivity index (χ4n) is 4.73. The first kappa shape index (κ1) is 52.0. The summed E-state index contributed by atoms with van der Waals surface area (Å²) >= 11 is 1.58. The molecular weight excluding hydrogens is 653 g/mol. The minimum absolute atomic E-state index is 0.0266. The highest BCUT2D eigenvalue weighted by molar-refractivity contribution is 7.98. The predicted molar refractivity (Wildman–Crippen MR) is 213 cm³/mol. The topological polar surface area (TPSA) is 166 Å². The zero-order valence-corrected chi connectivity index (χ0v) is 35.5. The Hall–Kier alpha value is -2.34. The Morgan fingerprint density at radius 1 is 0.800 bits per heavy atom. The van der Waals surface area contributed by atoms with Crippen molar-refractivity contribution in [3.8, 4) is 0 Å². The number of rotatable bonds is 22. The molecule has 0 aliphatic carbocycles. The van der Waals surface area contributed by atoms with Crippen LogP contribution in [0.25, 0.3) is 0 Å². The number of primary amides is 1. The second-order valence-electron chi connectivity index (χ2n) is 14.6. The summed E-state index contributed by atoms with van der Waals surface area (Å²) in [6.45, 7) is 30.7. The number of nitrogens with zero attached hydrogens (tertiary/aromatic N) is 2. The molecule has 4 amide bonds. The van der Waals surface area contributed by atoms with Crippen LogP contribution in [-0.2, 0) is 19.2 Å². The SMILES string of the molecule is CC.CCC(C)C.CCN(C[C@H](C(=O)N[C@@H](CCSC)C(=O)N[C@@H](CC(C)C)[C@@H](O)C[C@@H](C)C(=O)N[C@H](C(N)=O)C(C)C)C(C)C)N=C(C)C. The maximum absolute atomic E-state index is 13.6. The highest BCUT2D eigenvalue weighted by atomic mass is 32.2. The zero-order chi connectivity index (χ0) is 39.7. The summed E-state index contributed by atoms with van der Waals surface area (Å²) in [5, 5.41) is 26.2. The van der Waals surface area contributed by atoms with Crippen molar-refractivity contribution >= 4 is 41.1 Å². The molecule has 6 N–H and O–H groups in total. The van der Waals surface area contributed by atoms with Crippen molar-refractivity contribution < 1.29 is 24.3 Å². The molecule has 296 valence electrons. The average Bonchev–Trinajstić information content (AvgIpc) is 3.03. The molecule has 50 heavy (non-hydrogen) atoms. The number of carbonyl (C=O) groups excluding carboxylic acids is 4. The van der Waals surface area contributed by atoms with Crippen LogP contribution < -0.4 is 21.7 Å². The van der Waals surface area contributed by atoms with Crippen molar-refractivity contribution in [1.82, 2.24) is 21.0 Å². The Morgan fingerprint density at radius 3 is 1.72 bits per heavy atom. The van der Waals surface area contributed by atoms with Crippen LogP contribution in [0.1, 0.15) is 130 Å². The zero-order valence-electron chi connectivity index (χ0n) is 34.7. The average molecular weight is 731 g/mol. The fourth-order valence-corrected chi connectivity index (χ4v) is 5.20. The summed E-state index contributed by atoms with van der Waals surface area (Å²) in [6.07, 6.45) is 3.22. The van der Waals surface area contributed by atoms with Crippen molar-refractivity contribution in [2.45, 2.75) is 154 Å². The van der Waals surface area contributed by atoms with Crippen LogP contribution in [0.3, 0.4) is 0 Å². The van der Waals surface area contributed by atoms with Crippen LogP contribution in [0.2, 0.25) is 0 Å². The number of nitrogens with two attached hydrogens (primary N) is 1. The van der Waals surface area contributed by atoms with E-state index in [1.54, 1.807) is 32.5 Å². The number of aliphatic hydroxyl groups is 1. The highest BCUT2D eigenvalue weighted by Gasteiger charge is 2.33. The minimum atomic E-state index is -1.02. The summed E-state index contributed by atoms with van der Waals surface area (Å²) in [5.41, 5.74) is 6.34. The lowest BCUT2D eigenvalue weighted by Gasteiger charge is -2.31. The van der Waals surface area contributed by atoms with E-state index in [2.05, 4.69) is 41.8 Å². The lowest BCUT2D eigenvalue weighted by atomic mass is 9.91. The van der Waals surface area contributed by atoms with Crippen molar-refractivity contribution in [3.05, 3.63) is 0 Å². The van der Waals surface area contributed by atoms with E-state index >= 15 is 0 Å². The second kappa shape index (κ2) is 29.3. The van der Waals surface area contributed by atoms with Gasteiger partial charge in [0.15, 0.2) is 0 Å². The fraction of sp³-hybridized carbons (Fsp3) is 0.868. The lowest BCUT2D eigenvalue weighted by molar-refractivity contribution is -0.133. The van der Waals surface area contributed by atoms with E-state index < -0.39 is 36.1 Å². The number of thioether (sulfide) groups is 1. The van der Waals surface area contributed by atoms with E-state index in [9.17, 15) is 24.3 Å². The van der Waals surface area contributed by atoms with Crippen molar-refractivity contribution in [2.24, 2.45) is 46.3 Å². The van der Waals surface area contributed by atoms with E-state index in [1.807, 2.05) is 73.6 Å². The van der Waals surface area contributed by atoms with Gasteiger partial charge in [0, 0.05) is 24.7 Å². The number of aliphatic hydroxyl groups excluding tert-OH is 1. The molecule has 0 unspecified atom stereocenters. The standard InChI is InChI=1S/C31H60N6O5S.C5H12.C2H6/c1-12-37(36-21(8)9)17-23(19(4)5)30(41)33-24(13-14-43-11)31(42)34-25(15-18(2)3)26(38)16-22(10)29(40)35-27(20(6)7)28(32)39;1-4-5(2)3;1-2/h18-20,22-27,38H,12-17H2,1-11H3,(H2,32,39)(H,33,41)(H,34,42)(H,35,40);5H,4H2,1-3H3;1-2H3/t22-,23+,24+,25+,26+,27+;;/m1../s1. The molecule has 0 aliphatic rings. The van der Waals surface area contributed by atoms with Crippen molar-refractivity contribution in [2.75, 3.05) is 25.1 Å². The van der Waals surface area contributed by atoms with Crippen LogP contribution in [0.5, 0.6) is 0 Å². The maximum atomic E-state index is 13.6. The highest BCUT2D eigenvalue weighted by Crippen LogP contribution is 2.18. The summed E-state index contributed by atoms with van der Waals surface area (Å²) < 4.78 is 0.